The third-order valence-corrected chi connectivity index (χ3v) is 10.9. The van der Waals surface area contributed by atoms with Crippen molar-refractivity contribution >= 4 is 55.1 Å². The number of benzene rings is 5. The van der Waals surface area contributed by atoms with Gasteiger partial charge in [0, 0.05) is 76.9 Å². The minimum atomic E-state index is -0.383. The molecule has 278 valence electrons. The molecule has 7 heteroatoms. The van der Waals surface area contributed by atoms with E-state index in [0.717, 1.165) is 113 Å². The highest BCUT2D eigenvalue weighted by atomic mass is 16.4. The van der Waals surface area contributed by atoms with Crippen LogP contribution < -0.4 is 21.1 Å². The Balaban J connectivity index is 1.25. The van der Waals surface area contributed by atoms with Crippen molar-refractivity contribution < 1.29 is 8.83 Å². The van der Waals surface area contributed by atoms with E-state index in [2.05, 4.69) is 96.7 Å². The molecule has 5 aromatic carbocycles. The topological polar surface area (TPSA) is 71.8 Å². The first-order valence-electron chi connectivity index (χ1n) is 19.7. The van der Waals surface area contributed by atoms with Gasteiger partial charge in [-0.3, -0.25) is 0 Å². The maximum atomic E-state index is 13.7. The van der Waals surface area contributed by atoms with E-state index in [1.807, 2.05) is 60.7 Å². The quantitative estimate of drug-likeness (QED) is 0.110. The van der Waals surface area contributed by atoms with Gasteiger partial charge in [-0.2, -0.15) is 0 Å². The zero-order valence-electron chi connectivity index (χ0n) is 32.1. The molecule has 8 aromatic rings. The minimum absolute atomic E-state index is 0.372. The first-order chi connectivity index (χ1) is 26.9. The van der Waals surface area contributed by atoms with Gasteiger partial charge in [0.1, 0.15) is 11.2 Å². The average molecular weight is 730 g/mol. The van der Waals surface area contributed by atoms with Crippen LogP contribution in [0.2, 0.25) is 0 Å². The Bertz CT molecular complexity index is 2770. The van der Waals surface area contributed by atoms with Crippen LogP contribution in [0.15, 0.2) is 134 Å². The number of anilines is 2. The summed E-state index contributed by atoms with van der Waals surface area (Å²) < 4.78 is 14.2. The van der Waals surface area contributed by atoms with Crippen LogP contribution in [0.3, 0.4) is 0 Å². The Hall–Kier alpha value is -6.08. The van der Waals surface area contributed by atoms with Gasteiger partial charge in [0.05, 0.1) is 22.2 Å². The van der Waals surface area contributed by atoms with Crippen molar-refractivity contribution in [2.24, 2.45) is 0 Å². The third-order valence-electron chi connectivity index (χ3n) is 10.9. The largest absolute Gasteiger partial charge is 0.422 e. The van der Waals surface area contributed by atoms with Gasteiger partial charge >= 0.3 is 11.3 Å². The molecular weight excluding hydrogens is 683 g/mol. The highest BCUT2D eigenvalue weighted by Gasteiger charge is 2.18. The summed E-state index contributed by atoms with van der Waals surface area (Å²) in [6.07, 6.45) is 4.48. The Labute approximate surface area is 321 Å². The van der Waals surface area contributed by atoms with Crippen molar-refractivity contribution in [2.45, 2.75) is 53.4 Å². The number of unbranched alkanes of at least 4 members (excludes halogenated alkanes) is 2. The van der Waals surface area contributed by atoms with Crippen LogP contribution in [0.1, 0.15) is 53.4 Å². The number of rotatable bonds is 13. The Kier molecular flexibility index (Phi) is 10.0. The number of para-hydroxylation sites is 1. The van der Waals surface area contributed by atoms with Crippen LogP contribution >= 0.6 is 0 Å². The van der Waals surface area contributed by atoms with Gasteiger partial charge in [-0.25, -0.2) is 9.59 Å². The first-order valence-corrected chi connectivity index (χ1v) is 19.7. The normalized spacial score (nSPS) is 11.6. The molecule has 0 amide bonds. The second kappa shape index (κ2) is 15.3. The fraction of sp³-hybridized carbons (Fsp3) is 0.250. The van der Waals surface area contributed by atoms with Crippen LogP contribution in [0.25, 0.3) is 71.7 Å². The summed E-state index contributed by atoms with van der Waals surface area (Å²) in [6.45, 7) is 12.3. The lowest BCUT2D eigenvalue weighted by atomic mass is 10.0. The van der Waals surface area contributed by atoms with E-state index in [1.54, 1.807) is 0 Å². The maximum absolute atomic E-state index is 13.7. The molecule has 8 rings (SSSR count). The van der Waals surface area contributed by atoms with Crippen LogP contribution in [0, 0.1) is 0 Å². The second-order valence-electron chi connectivity index (χ2n) is 14.3. The number of aromatic nitrogens is 1. The van der Waals surface area contributed by atoms with Crippen LogP contribution in [0.5, 0.6) is 0 Å². The molecule has 0 unspecified atom stereocenters. The van der Waals surface area contributed by atoms with E-state index in [9.17, 15) is 9.59 Å². The molecule has 0 aliphatic heterocycles. The predicted molar refractivity (Wildman–Crippen MR) is 229 cm³/mol. The van der Waals surface area contributed by atoms with E-state index >= 15 is 0 Å². The lowest BCUT2D eigenvalue weighted by Crippen LogP contribution is -2.25. The molecule has 0 saturated carbocycles. The van der Waals surface area contributed by atoms with Gasteiger partial charge in [-0.15, -0.1) is 0 Å². The van der Waals surface area contributed by atoms with Gasteiger partial charge < -0.3 is 23.2 Å². The van der Waals surface area contributed by atoms with Gasteiger partial charge in [0.25, 0.3) is 0 Å². The number of fused-ring (bicyclic) bond motifs is 5. The molecule has 0 spiro atoms. The molecule has 3 heterocycles. The van der Waals surface area contributed by atoms with Crippen LogP contribution in [-0.2, 0) is 0 Å². The molecular formula is C48H47N3O4. The van der Waals surface area contributed by atoms with Crippen molar-refractivity contribution in [3.8, 4) is 27.9 Å². The van der Waals surface area contributed by atoms with Gasteiger partial charge in [-0.1, -0.05) is 57.0 Å². The molecule has 0 aliphatic rings. The molecule has 0 N–H and O–H groups in total. The maximum Gasteiger partial charge on any atom is 0.344 e. The number of nitrogens with zero attached hydrogens (tertiary/aromatic N) is 3. The van der Waals surface area contributed by atoms with Gasteiger partial charge in [0.15, 0.2) is 0 Å². The molecule has 0 saturated heterocycles. The highest BCUT2D eigenvalue weighted by molar-refractivity contribution is 6.11. The summed E-state index contributed by atoms with van der Waals surface area (Å²) in [7, 11) is 0. The smallest absolute Gasteiger partial charge is 0.344 e. The monoisotopic (exact) mass is 729 g/mol. The average Bonchev–Trinajstić information content (AvgIpc) is 3.54. The molecule has 0 radical (unpaired) electrons. The third kappa shape index (κ3) is 6.80. The summed E-state index contributed by atoms with van der Waals surface area (Å²) >= 11 is 0. The molecule has 0 atom stereocenters. The Morgan fingerprint density at radius 2 is 1.02 bits per heavy atom. The first kappa shape index (κ1) is 35.9. The summed E-state index contributed by atoms with van der Waals surface area (Å²) in [4.78, 5) is 31.9. The van der Waals surface area contributed by atoms with E-state index in [1.165, 1.54) is 0 Å². The molecule has 0 fully saturated rings. The molecule has 3 aromatic heterocycles. The van der Waals surface area contributed by atoms with E-state index < -0.39 is 0 Å². The SMILES string of the molecule is CCCCN(CCCC)c1ccc2cc(-c3ccc4c(c3)c3cc(-c5cc6ccc(N(CC)CC)cc6oc5=O)ccc3n4-c3ccccc3)c(=O)oc2c1. The van der Waals surface area contributed by atoms with Crippen molar-refractivity contribution in [2.75, 3.05) is 36.0 Å². The Morgan fingerprint density at radius 1 is 0.527 bits per heavy atom. The summed E-state index contributed by atoms with van der Waals surface area (Å²) in [5.41, 5.74) is 8.06. The molecule has 7 nitrogen and oxygen atoms in total. The summed E-state index contributed by atoms with van der Waals surface area (Å²) in [5, 5.41) is 3.67. The van der Waals surface area contributed by atoms with Crippen LogP contribution in [-0.4, -0.2) is 30.7 Å². The number of hydrogen-bond acceptors (Lipinski definition) is 6. The standard InChI is InChI=1S/C48H47N3O4/c1-5-9-24-50(25-10-6-2)38-21-17-35-29-40(48(53)55-46(35)31-38)33-19-23-44-42(27-33)41-26-32(18-22-43(41)51(44)36-14-12-11-13-15-36)39-28-34-16-20-37(49(7-3)8-4)30-45(34)54-47(39)52/h11-23,26-31H,5-10,24-25H2,1-4H3. The Morgan fingerprint density at radius 3 is 1.49 bits per heavy atom. The highest BCUT2D eigenvalue weighted by Crippen LogP contribution is 2.37. The van der Waals surface area contributed by atoms with Gasteiger partial charge in [0.2, 0.25) is 0 Å². The zero-order valence-corrected chi connectivity index (χ0v) is 32.1. The van der Waals surface area contributed by atoms with E-state index in [-0.39, 0.29) is 11.3 Å². The minimum Gasteiger partial charge on any atom is -0.422 e. The molecule has 0 bridgehead atoms. The lowest BCUT2D eigenvalue weighted by Gasteiger charge is -2.24. The zero-order chi connectivity index (χ0) is 38.1. The number of hydrogen-bond donors (Lipinski definition) is 0. The van der Waals surface area contributed by atoms with Crippen molar-refractivity contribution in [1.29, 1.82) is 0 Å². The van der Waals surface area contributed by atoms with Gasteiger partial charge in [-0.05, 0) is 111 Å². The van der Waals surface area contributed by atoms with E-state index in [0.29, 0.717) is 22.3 Å². The summed E-state index contributed by atoms with van der Waals surface area (Å²) in [6, 6.07) is 38.6. The molecule has 55 heavy (non-hydrogen) atoms. The van der Waals surface area contributed by atoms with Crippen molar-refractivity contribution in [3.63, 3.8) is 0 Å². The fourth-order valence-electron chi connectivity index (χ4n) is 7.87. The van der Waals surface area contributed by atoms with Crippen molar-refractivity contribution in [1.82, 2.24) is 4.57 Å². The fourth-order valence-corrected chi connectivity index (χ4v) is 7.87. The summed E-state index contributed by atoms with van der Waals surface area (Å²) in [5.74, 6) is 0. The second-order valence-corrected chi connectivity index (χ2v) is 14.3. The molecule has 0 aliphatic carbocycles. The van der Waals surface area contributed by atoms with E-state index in [4.69, 9.17) is 8.83 Å². The van der Waals surface area contributed by atoms with Crippen LogP contribution in [0.4, 0.5) is 11.4 Å². The lowest BCUT2D eigenvalue weighted by molar-refractivity contribution is 0.563. The predicted octanol–water partition coefficient (Wildman–Crippen LogP) is 11.6. The van der Waals surface area contributed by atoms with Crippen molar-refractivity contribution in [3.05, 3.63) is 136 Å².